The Bertz CT molecular complexity index is 2310. The molecule has 5 aromatic carbocycles. The predicted molar refractivity (Wildman–Crippen MR) is 189 cm³/mol. The number of aromatic nitrogens is 1. The molecule has 7 heteroatoms. The zero-order valence-electron chi connectivity index (χ0n) is 24.0. The highest BCUT2D eigenvalue weighted by Crippen LogP contribution is 2.41. The molecule has 0 saturated carbocycles. The highest BCUT2D eigenvalue weighted by Gasteiger charge is 2.32. The molecule has 1 aromatic heterocycles. The van der Waals surface area contributed by atoms with Crippen molar-refractivity contribution in [2.75, 3.05) is 0 Å². The summed E-state index contributed by atoms with van der Waals surface area (Å²) in [4.78, 5) is 20.0. The number of rotatable bonds is 5. The van der Waals surface area contributed by atoms with Crippen LogP contribution < -0.4 is 19.6 Å². The average Bonchev–Trinajstić information content (AvgIpc) is 3.37. The number of allylic oxidation sites excluding steroid dienone is 1. The van der Waals surface area contributed by atoms with Crippen molar-refractivity contribution in [3.63, 3.8) is 0 Å². The van der Waals surface area contributed by atoms with E-state index in [1.54, 1.807) is 0 Å². The minimum Gasteiger partial charge on any atom is -0.487 e. The molecule has 0 amide bonds. The van der Waals surface area contributed by atoms with Gasteiger partial charge >= 0.3 is 0 Å². The third kappa shape index (κ3) is 5.13. The second kappa shape index (κ2) is 11.7. The van der Waals surface area contributed by atoms with E-state index in [1.165, 1.54) is 38.8 Å². The number of aryl methyl sites for hydroxylation is 1. The summed E-state index contributed by atoms with van der Waals surface area (Å²) < 4.78 is 10.5. The number of ether oxygens (including phenoxy) is 1. The Morgan fingerprint density at radius 1 is 0.867 bits per heavy atom. The third-order valence-corrected chi connectivity index (χ3v) is 10.7. The normalized spacial score (nSPS) is 15.8. The summed E-state index contributed by atoms with van der Waals surface area (Å²) in [6.07, 6.45) is 3.77. The lowest BCUT2D eigenvalue weighted by Crippen LogP contribution is -2.38. The number of nitrogens with zero attached hydrogens (tertiary/aromatic N) is 2. The van der Waals surface area contributed by atoms with Crippen LogP contribution in [0.25, 0.3) is 22.5 Å². The van der Waals surface area contributed by atoms with Crippen LogP contribution in [0.5, 0.6) is 5.75 Å². The van der Waals surface area contributed by atoms with Crippen molar-refractivity contribution < 1.29 is 4.74 Å². The average molecular weight is 735 g/mol. The molecule has 220 valence electrons. The molecule has 2 heterocycles. The third-order valence-electron chi connectivity index (χ3n) is 8.56. The maximum atomic E-state index is 14.1. The molecular weight excluding hydrogens is 708 g/mol. The first kappa shape index (κ1) is 28.4. The van der Waals surface area contributed by atoms with Gasteiger partial charge in [-0.3, -0.25) is 9.36 Å². The lowest BCUT2D eigenvalue weighted by Gasteiger charge is -2.30. The topological polar surface area (TPSA) is 43.6 Å². The molecule has 6 aromatic rings. The van der Waals surface area contributed by atoms with Gasteiger partial charge in [-0.15, -0.1) is 0 Å². The largest absolute Gasteiger partial charge is 0.487 e. The van der Waals surface area contributed by atoms with E-state index in [-0.39, 0.29) is 11.6 Å². The molecule has 8 rings (SSSR count). The lowest BCUT2D eigenvalue weighted by atomic mass is 9.83. The molecule has 1 unspecified atom stereocenters. The first-order valence-electron chi connectivity index (χ1n) is 14.8. The van der Waals surface area contributed by atoms with E-state index in [4.69, 9.17) is 9.73 Å². The van der Waals surface area contributed by atoms with Gasteiger partial charge < -0.3 is 4.74 Å². The van der Waals surface area contributed by atoms with Gasteiger partial charge in [0.2, 0.25) is 0 Å². The van der Waals surface area contributed by atoms with Gasteiger partial charge in [-0.1, -0.05) is 108 Å². The molecular formula is C38H26Br2N2O2S. The summed E-state index contributed by atoms with van der Waals surface area (Å²) in [6, 6.07) is 37.2. The van der Waals surface area contributed by atoms with Crippen LogP contribution in [0.3, 0.4) is 0 Å². The van der Waals surface area contributed by atoms with E-state index in [1.807, 2.05) is 53.1 Å². The molecule has 0 radical (unpaired) electrons. The highest BCUT2D eigenvalue weighted by molar-refractivity contribution is 9.11. The number of fused-ring (bicyclic) bond motifs is 4. The Balaban J connectivity index is 1.18. The minimum atomic E-state index is -0.184. The minimum absolute atomic E-state index is 0.0264. The zero-order valence-corrected chi connectivity index (χ0v) is 28.0. The Labute approximate surface area is 280 Å². The van der Waals surface area contributed by atoms with Crippen LogP contribution in [-0.4, -0.2) is 4.57 Å². The van der Waals surface area contributed by atoms with Crippen molar-refractivity contribution in [3.8, 4) is 5.75 Å². The number of hydrogen-bond donors (Lipinski definition) is 0. The van der Waals surface area contributed by atoms with Crippen molar-refractivity contribution in [1.82, 2.24) is 4.57 Å². The van der Waals surface area contributed by atoms with Gasteiger partial charge in [0.15, 0.2) is 4.80 Å². The molecule has 4 nitrogen and oxygen atoms in total. The van der Waals surface area contributed by atoms with Crippen molar-refractivity contribution in [2.24, 2.45) is 4.99 Å². The zero-order chi connectivity index (χ0) is 30.5. The number of halogens is 2. The first-order chi connectivity index (χ1) is 22.0. The van der Waals surface area contributed by atoms with E-state index < -0.39 is 0 Å². The molecule has 0 bridgehead atoms. The lowest BCUT2D eigenvalue weighted by molar-refractivity contribution is 0.303. The maximum Gasteiger partial charge on any atom is 0.271 e. The Morgan fingerprint density at radius 3 is 2.44 bits per heavy atom. The maximum absolute atomic E-state index is 14.1. The van der Waals surface area contributed by atoms with Crippen LogP contribution in [0.4, 0.5) is 0 Å². The van der Waals surface area contributed by atoms with Crippen LogP contribution in [0.1, 0.15) is 40.3 Å². The van der Waals surface area contributed by atoms with E-state index in [0.717, 1.165) is 54.7 Å². The van der Waals surface area contributed by atoms with Crippen molar-refractivity contribution in [1.29, 1.82) is 0 Å². The van der Waals surface area contributed by atoms with E-state index >= 15 is 0 Å². The van der Waals surface area contributed by atoms with Crippen molar-refractivity contribution in [2.45, 2.75) is 25.5 Å². The fourth-order valence-electron chi connectivity index (χ4n) is 6.48. The summed E-state index contributed by atoms with van der Waals surface area (Å²) in [5, 5.41) is 2.37. The molecule has 0 spiro atoms. The van der Waals surface area contributed by atoms with Gasteiger partial charge in [-0.05, 0) is 102 Å². The molecule has 2 aliphatic rings. The van der Waals surface area contributed by atoms with Crippen LogP contribution in [0, 0.1) is 0 Å². The second-order valence-corrected chi connectivity index (χ2v) is 14.0. The van der Waals surface area contributed by atoms with Crippen LogP contribution in [0.15, 0.2) is 134 Å². The summed E-state index contributed by atoms with van der Waals surface area (Å²) >= 11 is 8.90. The molecule has 45 heavy (non-hydrogen) atoms. The first-order valence-corrected chi connectivity index (χ1v) is 17.2. The van der Waals surface area contributed by atoms with Crippen LogP contribution in [-0.2, 0) is 13.0 Å². The highest BCUT2D eigenvalue weighted by atomic mass is 79.9. The smallest absolute Gasteiger partial charge is 0.271 e. The fraction of sp³-hybridized carbons (Fsp3) is 0.105. The van der Waals surface area contributed by atoms with E-state index in [0.29, 0.717) is 11.1 Å². The van der Waals surface area contributed by atoms with Crippen molar-refractivity contribution in [3.05, 3.63) is 171 Å². The van der Waals surface area contributed by atoms with E-state index in [2.05, 4.69) is 98.6 Å². The Morgan fingerprint density at radius 2 is 1.60 bits per heavy atom. The molecule has 0 fully saturated rings. The monoisotopic (exact) mass is 732 g/mol. The Hall–Kier alpha value is -4.04. The summed E-state index contributed by atoms with van der Waals surface area (Å²) in [7, 11) is 0. The van der Waals surface area contributed by atoms with Gasteiger partial charge in [0.1, 0.15) is 12.4 Å². The quantitative estimate of drug-likeness (QED) is 0.178. The fourth-order valence-corrected chi connectivity index (χ4v) is 8.93. The Kier molecular flexibility index (Phi) is 7.40. The SMILES string of the molecule is O=c1/c(=C\c2cc(Br)c(OCc3cccc4ccccc34)c(Br)c2)sc2n1C(c1ccccc1)C1=C(N=2)c2ccccc2CC1. The van der Waals surface area contributed by atoms with Gasteiger partial charge in [-0.25, -0.2) is 4.99 Å². The molecule has 1 aliphatic heterocycles. The van der Waals surface area contributed by atoms with Gasteiger partial charge in [0, 0.05) is 5.56 Å². The predicted octanol–water partition coefficient (Wildman–Crippen LogP) is 8.58. The number of benzene rings is 5. The summed E-state index contributed by atoms with van der Waals surface area (Å²) in [6.45, 7) is 0.434. The molecule has 0 saturated heterocycles. The van der Waals surface area contributed by atoms with Crippen molar-refractivity contribution >= 4 is 65.7 Å². The number of hydrogen-bond acceptors (Lipinski definition) is 4. The summed E-state index contributed by atoms with van der Waals surface area (Å²) in [5.74, 6) is 0.719. The van der Waals surface area contributed by atoms with Crippen LogP contribution in [0.2, 0.25) is 0 Å². The second-order valence-electron chi connectivity index (χ2n) is 11.3. The van der Waals surface area contributed by atoms with E-state index in [9.17, 15) is 4.79 Å². The molecule has 1 aliphatic carbocycles. The van der Waals surface area contributed by atoms with Gasteiger partial charge in [-0.2, -0.15) is 0 Å². The van der Waals surface area contributed by atoms with Gasteiger partial charge in [0.25, 0.3) is 5.56 Å². The number of thiazole rings is 1. The summed E-state index contributed by atoms with van der Waals surface area (Å²) in [5.41, 5.74) is 7.78. The van der Waals surface area contributed by atoms with Crippen LogP contribution >= 0.6 is 43.2 Å². The molecule has 0 N–H and O–H groups in total. The molecule has 1 atom stereocenters. The van der Waals surface area contributed by atoms with Gasteiger partial charge in [0.05, 0.1) is 25.2 Å². The standard InChI is InChI=1S/C38H26Br2N2O2S/c39-31-19-23(20-32(40)36(31)44-22-27-14-8-13-24-9-4-6-15-28(24)27)21-33-37(43)42-35(26-11-2-1-3-12-26)30-18-17-25-10-5-7-16-29(25)34(30)41-38(42)45-33/h1-16,19-21,35H,17-18,22H2/b33-21+.